The first-order valence-electron chi connectivity index (χ1n) is 6.68. The minimum absolute atomic E-state index is 0.00927. The molecule has 112 valence electrons. The summed E-state index contributed by atoms with van der Waals surface area (Å²) in [5, 5.41) is 0. The van der Waals surface area contributed by atoms with Gasteiger partial charge in [0.1, 0.15) is 5.75 Å². The molecule has 0 aliphatic rings. The molecule has 2 aromatic rings. The van der Waals surface area contributed by atoms with Crippen LogP contribution < -0.4 is 20.8 Å². The fraction of sp³-hybridized carbons (Fsp3) is 0.333. The van der Waals surface area contributed by atoms with Crippen LogP contribution in [0.2, 0.25) is 0 Å². The first kappa shape index (κ1) is 14.9. The van der Waals surface area contributed by atoms with Crippen molar-refractivity contribution in [2.24, 2.45) is 5.92 Å². The molecule has 6 heteroatoms. The van der Waals surface area contributed by atoms with E-state index in [1.54, 1.807) is 42.3 Å². The molecule has 1 aromatic carbocycles. The van der Waals surface area contributed by atoms with Crippen LogP contribution in [0.4, 0.5) is 5.69 Å². The zero-order valence-corrected chi connectivity index (χ0v) is 12.4. The molecule has 2 rings (SSSR count). The molecule has 0 unspecified atom stereocenters. The number of benzene rings is 1. The van der Waals surface area contributed by atoms with Gasteiger partial charge in [-0.25, -0.2) is 4.98 Å². The quantitative estimate of drug-likeness (QED) is 0.854. The molecule has 0 aliphatic carbocycles. The molecule has 0 fully saturated rings. The van der Waals surface area contributed by atoms with Crippen molar-refractivity contribution < 1.29 is 9.47 Å². The summed E-state index contributed by atoms with van der Waals surface area (Å²) in [5.41, 5.74) is 5.98. The van der Waals surface area contributed by atoms with Crippen molar-refractivity contribution >= 4 is 5.69 Å². The van der Waals surface area contributed by atoms with E-state index >= 15 is 0 Å². The average Bonchev–Trinajstić information content (AvgIpc) is 2.44. The smallest absolute Gasteiger partial charge is 0.313 e. The maximum Gasteiger partial charge on any atom is 0.313 e. The molecule has 1 heterocycles. The molecule has 0 atom stereocenters. The number of nitrogen functional groups attached to an aromatic ring is 1. The summed E-state index contributed by atoms with van der Waals surface area (Å²) in [6.07, 6.45) is 3.19. The molecule has 0 bridgehead atoms. The van der Waals surface area contributed by atoms with Crippen molar-refractivity contribution in [3.05, 3.63) is 40.9 Å². The molecule has 21 heavy (non-hydrogen) atoms. The van der Waals surface area contributed by atoms with E-state index < -0.39 is 0 Å². The SMILES string of the molecule is COc1ccc(Oc2nccn(CC(C)C)c2=O)c(N)c1. The van der Waals surface area contributed by atoms with Crippen molar-refractivity contribution in [1.29, 1.82) is 0 Å². The molecule has 0 radical (unpaired) electrons. The normalized spacial score (nSPS) is 10.7. The van der Waals surface area contributed by atoms with E-state index in [1.807, 2.05) is 13.8 Å². The number of nitrogens with two attached hydrogens (primary N) is 1. The minimum atomic E-state index is -0.276. The van der Waals surface area contributed by atoms with Gasteiger partial charge in [0, 0.05) is 25.0 Å². The van der Waals surface area contributed by atoms with Gasteiger partial charge in [0.25, 0.3) is 5.88 Å². The van der Waals surface area contributed by atoms with Gasteiger partial charge in [0.2, 0.25) is 0 Å². The number of ether oxygens (including phenoxy) is 2. The lowest BCUT2D eigenvalue weighted by Crippen LogP contribution is -2.23. The number of hydrogen-bond donors (Lipinski definition) is 1. The van der Waals surface area contributed by atoms with Crippen LogP contribution >= 0.6 is 0 Å². The molecule has 1 aromatic heterocycles. The lowest BCUT2D eigenvalue weighted by Gasteiger charge is -2.11. The van der Waals surface area contributed by atoms with E-state index in [-0.39, 0.29) is 11.4 Å². The Morgan fingerprint density at radius 1 is 1.38 bits per heavy atom. The number of nitrogens with zero attached hydrogens (tertiary/aromatic N) is 2. The van der Waals surface area contributed by atoms with Gasteiger partial charge in [-0.2, -0.15) is 0 Å². The van der Waals surface area contributed by atoms with E-state index in [9.17, 15) is 4.79 Å². The molecule has 0 saturated heterocycles. The number of rotatable bonds is 5. The van der Waals surface area contributed by atoms with Gasteiger partial charge in [-0.15, -0.1) is 0 Å². The lowest BCUT2D eigenvalue weighted by atomic mass is 10.2. The predicted octanol–water partition coefficient (Wildman–Crippen LogP) is 2.28. The second-order valence-corrected chi connectivity index (χ2v) is 5.09. The number of aromatic nitrogens is 2. The first-order valence-corrected chi connectivity index (χ1v) is 6.68. The zero-order valence-electron chi connectivity index (χ0n) is 12.4. The van der Waals surface area contributed by atoms with Crippen LogP contribution in [0.3, 0.4) is 0 Å². The largest absolute Gasteiger partial charge is 0.497 e. The van der Waals surface area contributed by atoms with Gasteiger partial charge >= 0.3 is 5.56 Å². The summed E-state index contributed by atoms with van der Waals surface area (Å²) in [6, 6.07) is 4.99. The monoisotopic (exact) mass is 289 g/mol. The highest BCUT2D eigenvalue weighted by atomic mass is 16.5. The lowest BCUT2D eigenvalue weighted by molar-refractivity contribution is 0.411. The summed E-state index contributed by atoms with van der Waals surface area (Å²) in [6.45, 7) is 4.68. The summed E-state index contributed by atoms with van der Waals surface area (Å²) in [7, 11) is 1.55. The Hall–Kier alpha value is -2.50. The van der Waals surface area contributed by atoms with E-state index in [0.717, 1.165) is 0 Å². The predicted molar refractivity (Wildman–Crippen MR) is 80.8 cm³/mol. The Labute approximate surface area is 123 Å². The molecule has 2 N–H and O–H groups in total. The minimum Gasteiger partial charge on any atom is -0.497 e. The standard InChI is InChI=1S/C15H19N3O3/c1-10(2)9-18-7-6-17-14(15(18)19)21-13-5-4-11(20-3)8-12(13)16/h4-8,10H,9,16H2,1-3H3. The highest BCUT2D eigenvalue weighted by molar-refractivity contribution is 5.57. The topological polar surface area (TPSA) is 79.4 Å². The van der Waals surface area contributed by atoms with Gasteiger partial charge < -0.3 is 19.8 Å². The molecule has 0 amide bonds. The van der Waals surface area contributed by atoms with Crippen molar-refractivity contribution in [2.45, 2.75) is 20.4 Å². The van der Waals surface area contributed by atoms with Crippen LogP contribution in [0.1, 0.15) is 13.8 Å². The highest BCUT2D eigenvalue weighted by Gasteiger charge is 2.11. The Bertz CT molecular complexity index is 680. The Balaban J connectivity index is 2.30. The molecular weight excluding hydrogens is 270 g/mol. The summed E-state index contributed by atoms with van der Waals surface area (Å²) in [5.74, 6) is 1.36. The van der Waals surface area contributed by atoms with Gasteiger partial charge in [0.05, 0.1) is 12.8 Å². The van der Waals surface area contributed by atoms with Gasteiger partial charge in [0.15, 0.2) is 5.75 Å². The summed E-state index contributed by atoms with van der Waals surface area (Å²) in [4.78, 5) is 16.2. The fourth-order valence-electron chi connectivity index (χ4n) is 1.89. The second kappa shape index (κ2) is 6.30. The molecule has 0 spiro atoms. The number of methoxy groups -OCH3 is 1. The molecule has 6 nitrogen and oxygen atoms in total. The zero-order chi connectivity index (χ0) is 15.4. The third-order valence-corrected chi connectivity index (χ3v) is 2.87. The number of hydrogen-bond acceptors (Lipinski definition) is 5. The van der Waals surface area contributed by atoms with Crippen LogP contribution in [-0.4, -0.2) is 16.7 Å². The maximum absolute atomic E-state index is 12.3. The van der Waals surface area contributed by atoms with E-state index in [1.165, 1.54) is 0 Å². The Morgan fingerprint density at radius 3 is 2.76 bits per heavy atom. The van der Waals surface area contributed by atoms with Gasteiger partial charge in [-0.1, -0.05) is 13.8 Å². The van der Waals surface area contributed by atoms with E-state index in [0.29, 0.717) is 29.6 Å². The highest BCUT2D eigenvalue weighted by Crippen LogP contribution is 2.28. The van der Waals surface area contributed by atoms with Gasteiger partial charge in [-0.05, 0) is 18.1 Å². The van der Waals surface area contributed by atoms with Crippen LogP contribution in [0.15, 0.2) is 35.4 Å². The van der Waals surface area contributed by atoms with Crippen LogP contribution in [0.5, 0.6) is 17.4 Å². The van der Waals surface area contributed by atoms with Crippen LogP contribution in [0, 0.1) is 5.92 Å². The Kier molecular flexibility index (Phi) is 4.47. The van der Waals surface area contributed by atoms with E-state index in [4.69, 9.17) is 15.2 Å². The second-order valence-electron chi connectivity index (χ2n) is 5.09. The van der Waals surface area contributed by atoms with Crippen molar-refractivity contribution in [3.63, 3.8) is 0 Å². The Morgan fingerprint density at radius 2 is 2.14 bits per heavy atom. The summed E-state index contributed by atoms with van der Waals surface area (Å²) < 4.78 is 12.2. The van der Waals surface area contributed by atoms with E-state index in [2.05, 4.69) is 4.98 Å². The first-order chi connectivity index (χ1) is 10.0. The molecule has 0 saturated carbocycles. The van der Waals surface area contributed by atoms with Crippen LogP contribution in [0.25, 0.3) is 0 Å². The third-order valence-electron chi connectivity index (χ3n) is 2.87. The molecular formula is C15H19N3O3. The van der Waals surface area contributed by atoms with Gasteiger partial charge in [-0.3, -0.25) is 4.79 Å². The maximum atomic E-state index is 12.3. The third kappa shape index (κ3) is 3.53. The summed E-state index contributed by atoms with van der Waals surface area (Å²) >= 11 is 0. The van der Waals surface area contributed by atoms with Crippen molar-refractivity contribution in [1.82, 2.24) is 9.55 Å². The molecule has 0 aliphatic heterocycles. The number of anilines is 1. The average molecular weight is 289 g/mol. The van der Waals surface area contributed by atoms with Crippen molar-refractivity contribution in [3.8, 4) is 17.4 Å². The van der Waals surface area contributed by atoms with Crippen molar-refractivity contribution in [2.75, 3.05) is 12.8 Å². The fourth-order valence-corrected chi connectivity index (χ4v) is 1.89. The van der Waals surface area contributed by atoms with Crippen LogP contribution in [-0.2, 0) is 6.54 Å².